The number of rotatable bonds is 6. The predicted molar refractivity (Wildman–Crippen MR) is 118 cm³/mol. The van der Waals surface area contributed by atoms with Gasteiger partial charge in [0.25, 0.3) is 5.91 Å². The minimum absolute atomic E-state index is 0.240. The van der Waals surface area contributed by atoms with Crippen molar-refractivity contribution >= 4 is 32.6 Å². The van der Waals surface area contributed by atoms with Gasteiger partial charge >= 0.3 is 0 Å². The zero-order chi connectivity index (χ0) is 21.3. The van der Waals surface area contributed by atoms with Gasteiger partial charge in [-0.3, -0.25) is 9.69 Å². The van der Waals surface area contributed by atoms with Gasteiger partial charge in [-0.15, -0.1) is 0 Å². The lowest BCUT2D eigenvalue weighted by atomic mass is 10.1. The maximum absolute atomic E-state index is 13.7. The third-order valence-electron chi connectivity index (χ3n) is 4.82. The quantitative estimate of drug-likeness (QED) is 0.418. The number of fused-ring (bicyclic) bond motifs is 1. The van der Waals surface area contributed by atoms with Gasteiger partial charge < -0.3 is 13.9 Å². The smallest absolute Gasteiger partial charge is 0.264 e. The van der Waals surface area contributed by atoms with Gasteiger partial charge in [0.1, 0.15) is 5.76 Å². The Morgan fingerprint density at radius 3 is 2.67 bits per heavy atom. The second-order valence-corrected chi connectivity index (χ2v) is 7.95. The molecule has 7 heteroatoms. The number of carbonyl (C=O) groups is 1. The molecule has 0 N–H and O–H groups in total. The maximum atomic E-state index is 13.7. The standard InChI is InChI=1S/C23H22N2O4S/c1-14-11-15(2)20-19(12-14)30-23(24-20)25(13-16-7-6-10-29-16)22(26)17-8-5-9-18(27-3)21(17)28-4/h5-12H,13H2,1-4H3. The third kappa shape index (κ3) is 3.64. The van der Waals surface area contributed by atoms with Crippen LogP contribution >= 0.6 is 11.3 Å². The number of thiazole rings is 1. The lowest BCUT2D eigenvalue weighted by Gasteiger charge is -2.20. The number of aryl methyl sites for hydroxylation is 2. The summed E-state index contributed by atoms with van der Waals surface area (Å²) in [4.78, 5) is 20.1. The number of benzene rings is 2. The second kappa shape index (κ2) is 8.20. The Balaban J connectivity index is 1.83. The summed E-state index contributed by atoms with van der Waals surface area (Å²) in [5, 5.41) is 0.602. The first-order valence-corrected chi connectivity index (χ1v) is 10.3. The summed E-state index contributed by atoms with van der Waals surface area (Å²) in [6.45, 7) is 4.34. The average Bonchev–Trinajstić information content (AvgIpc) is 3.40. The van der Waals surface area contributed by atoms with E-state index in [1.54, 1.807) is 42.5 Å². The van der Waals surface area contributed by atoms with Crippen LogP contribution in [0.25, 0.3) is 10.2 Å². The van der Waals surface area contributed by atoms with Crippen molar-refractivity contribution in [2.45, 2.75) is 20.4 Å². The van der Waals surface area contributed by atoms with Crippen molar-refractivity contribution in [1.29, 1.82) is 0 Å². The van der Waals surface area contributed by atoms with Gasteiger partial charge in [-0.1, -0.05) is 23.5 Å². The van der Waals surface area contributed by atoms with Crippen molar-refractivity contribution in [2.75, 3.05) is 19.1 Å². The van der Waals surface area contributed by atoms with E-state index < -0.39 is 0 Å². The first-order valence-electron chi connectivity index (χ1n) is 9.45. The Bertz CT molecular complexity index is 1200. The van der Waals surface area contributed by atoms with E-state index in [1.807, 2.05) is 13.0 Å². The van der Waals surface area contributed by atoms with Gasteiger partial charge in [0.15, 0.2) is 16.6 Å². The Morgan fingerprint density at radius 1 is 1.13 bits per heavy atom. The van der Waals surface area contributed by atoms with Crippen molar-refractivity contribution in [2.24, 2.45) is 0 Å². The molecule has 0 spiro atoms. The zero-order valence-electron chi connectivity index (χ0n) is 17.3. The summed E-state index contributed by atoms with van der Waals surface area (Å²) < 4.78 is 17.4. The van der Waals surface area contributed by atoms with E-state index in [4.69, 9.17) is 18.9 Å². The fraction of sp³-hybridized carbons (Fsp3) is 0.217. The van der Waals surface area contributed by atoms with E-state index >= 15 is 0 Å². The molecule has 30 heavy (non-hydrogen) atoms. The van der Waals surface area contributed by atoms with Crippen molar-refractivity contribution in [3.63, 3.8) is 0 Å². The van der Waals surface area contributed by atoms with Gasteiger partial charge in [0.05, 0.1) is 42.8 Å². The van der Waals surface area contributed by atoms with Crippen molar-refractivity contribution in [3.8, 4) is 11.5 Å². The number of amides is 1. The van der Waals surface area contributed by atoms with Crippen LogP contribution in [-0.2, 0) is 6.54 Å². The fourth-order valence-electron chi connectivity index (χ4n) is 3.46. The first kappa shape index (κ1) is 20.0. The van der Waals surface area contributed by atoms with Crippen molar-refractivity contribution < 1.29 is 18.7 Å². The molecule has 1 amide bonds. The molecule has 0 radical (unpaired) electrons. The highest BCUT2D eigenvalue weighted by Crippen LogP contribution is 2.36. The van der Waals surface area contributed by atoms with Gasteiger partial charge in [-0.2, -0.15) is 0 Å². The molecule has 2 aromatic heterocycles. The molecule has 0 aliphatic carbocycles. The van der Waals surface area contributed by atoms with Crippen LogP contribution in [-0.4, -0.2) is 25.1 Å². The van der Waals surface area contributed by atoms with Crippen LogP contribution in [0.3, 0.4) is 0 Å². The number of nitrogens with zero attached hydrogens (tertiary/aromatic N) is 2. The van der Waals surface area contributed by atoms with Gasteiger partial charge in [-0.25, -0.2) is 4.98 Å². The summed E-state index contributed by atoms with van der Waals surface area (Å²) in [5.74, 6) is 1.31. The van der Waals surface area contributed by atoms with Crippen LogP contribution in [0.5, 0.6) is 11.5 Å². The molecule has 6 nitrogen and oxygen atoms in total. The molecule has 2 aromatic carbocycles. The largest absolute Gasteiger partial charge is 0.493 e. The van der Waals surface area contributed by atoms with E-state index in [9.17, 15) is 4.79 Å². The van der Waals surface area contributed by atoms with E-state index in [1.165, 1.54) is 18.4 Å². The molecule has 4 rings (SSSR count). The lowest BCUT2D eigenvalue weighted by molar-refractivity contribution is 0.0979. The highest BCUT2D eigenvalue weighted by atomic mass is 32.1. The van der Waals surface area contributed by atoms with Crippen LogP contribution in [0.15, 0.2) is 53.1 Å². The number of hydrogen-bond acceptors (Lipinski definition) is 6. The number of anilines is 1. The molecular weight excluding hydrogens is 400 g/mol. The summed E-state index contributed by atoms with van der Waals surface area (Å²) in [6.07, 6.45) is 1.59. The van der Waals surface area contributed by atoms with Crippen LogP contribution in [0.2, 0.25) is 0 Å². The lowest BCUT2D eigenvalue weighted by Crippen LogP contribution is -2.30. The molecule has 0 saturated heterocycles. The van der Waals surface area contributed by atoms with E-state index in [0.29, 0.717) is 28.0 Å². The highest BCUT2D eigenvalue weighted by Gasteiger charge is 2.27. The third-order valence-corrected chi connectivity index (χ3v) is 5.85. The van der Waals surface area contributed by atoms with Gasteiger partial charge in [0.2, 0.25) is 0 Å². The van der Waals surface area contributed by atoms with Crippen LogP contribution in [0.4, 0.5) is 5.13 Å². The van der Waals surface area contributed by atoms with E-state index in [0.717, 1.165) is 21.3 Å². The summed E-state index contributed by atoms with van der Waals surface area (Å²) in [7, 11) is 3.07. The van der Waals surface area contributed by atoms with Gasteiger partial charge in [-0.05, 0) is 55.3 Å². The van der Waals surface area contributed by atoms with E-state index in [-0.39, 0.29) is 12.5 Å². The molecule has 0 atom stereocenters. The Morgan fingerprint density at radius 2 is 1.97 bits per heavy atom. The topological polar surface area (TPSA) is 64.8 Å². The minimum Gasteiger partial charge on any atom is -0.493 e. The predicted octanol–water partition coefficient (Wildman–Crippen LogP) is 5.37. The number of para-hydroxylation sites is 1. The second-order valence-electron chi connectivity index (χ2n) is 6.94. The summed E-state index contributed by atoms with van der Waals surface area (Å²) in [6, 6.07) is 13.1. The number of aromatic nitrogens is 1. The molecule has 0 aliphatic rings. The van der Waals surface area contributed by atoms with Gasteiger partial charge in [0, 0.05) is 0 Å². The van der Waals surface area contributed by atoms with Crippen LogP contribution < -0.4 is 14.4 Å². The fourth-order valence-corrected chi connectivity index (χ4v) is 4.60. The SMILES string of the molecule is COc1cccc(C(=O)N(Cc2ccco2)c2nc3c(C)cc(C)cc3s2)c1OC. The van der Waals surface area contributed by atoms with Crippen molar-refractivity contribution in [1.82, 2.24) is 4.98 Å². The maximum Gasteiger partial charge on any atom is 0.264 e. The Hall–Kier alpha value is -3.32. The molecule has 0 aliphatic heterocycles. The molecule has 0 saturated carbocycles. The van der Waals surface area contributed by atoms with Crippen LogP contribution in [0, 0.1) is 13.8 Å². The number of methoxy groups -OCH3 is 2. The average molecular weight is 423 g/mol. The molecule has 0 fully saturated rings. The van der Waals surface area contributed by atoms with E-state index in [2.05, 4.69) is 19.1 Å². The molecule has 0 bridgehead atoms. The first-order chi connectivity index (χ1) is 14.5. The number of ether oxygens (including phenoxy) is 2. The molecule has 2 heterocycles. The Labute approximate surface area is 178 Å². The molecule has 4 aromatic rings. The van der Waals surface area contributed by atoms with Crippen molar-refractivity contribution in [3.05, 3.63) is 71.2 Å². The normalized spacial score (nSPS) is 10.9. The zero-order valence-corrected chi connectivity index (χ0v) is 18.1. The molecular formula is C23H22N2O4S. The highest BCUT2D eigenvalue weighted by molar-refractivity contribution is 7.22. The molecule has 154 valence electrons. The minimum atomic E-state index is -0.240. The molecule has 0 unspecified atom stereocenters. The summed E-state index contributed by atoms with van der Waals surface area (Å²) in [5.41, 5.74) is 3.54. The number of carbonyl (C=O) groups excluding carboxylic acids is 1. The number of furan rings is 1. The monoisotopic (exact) mass is 422 g/mol. The number of hydrogen-bond donors (Lipinski definition) is 0. The summed E-state index contributed by atoms with van der Waals surface area (Å²) >= 11 is 1.48. The van der Waals surface area contributed by atoms with Crippen LogP contribution in [0.1, 0.15) is 27.2 Å². The Kier molecular flexibility index (Phi) is 5.46.